The molecule has 152 valence electrons. The molecule has 0 bridgehead atoms. The first-order valence-corrected chi connectivity index (χ1v) is 10.3. The molecule has 0 radical (unpaired) electrons. The van der Waals surface area contributed by atoms with Crippen LogP contribution in [0.3, 0.4) is 0 Å². The van der Waals surface area contributed by atoms with Gasteiger partial charge in [0.15, 0.2) is 0 Å². The molecule has 7 heteroatoms. The summed E-state index contributed by atoms with van der Waals surface area (Å²) in [5.74, 6) is 0.537. The molecule has 0 N–H and O–H groups in total. The maximum absolute atomic E-state index is 13.5. The molecule has 0 aliphatic rings. The van der Waals surface area contributed by atoms with Gasteiger partial charge in [-0.2, -0.15) is 0 Å². The molecule has 5 nitrogen and oxygen atoms in total. The van der Waals surface area contributed by atoms with Crippen LogP contribution in [0, 0.1) is 12.7 Å². The van der Waals surface area contributed by atoms with Crippen LogP contribution in [-0.2, 0) is 16.6 Å². The van der Waals surface area contributed by atoms with Gasteiger partial charge in [-0.15, -0.1) is 0 Å². The molecule has 0 atom stereocenters. The van der Waals surface area contributed by atoms with Crippen molar-refractivity contribution in [1.82, 2.24) is 0 Å². The van der Waals surface area contributed by atoms with E-state index in [4.69, 9.17) is 9.47 Å². The Morgan fingerprint density at radius 2 is 1.41 bits per heavy atom. The zero-order valence-corrected chi connectivity index (χ0v) is 17.2. The van der Waals surface area contributed by atoms with Crippen LogP contribution in [-0.4, -0.2) is 22.6 Å². The number of nitrogens with zero attached hydrogens (tertiary/aromatic N) is 1. The third-order valence-electron chi connectivity index (χ3n) is 4.47. The second kappa shape index (κ2) is 8.53. The van der Waals surface area contributed by atoms with Crippen LogP contribution in [0.25, 0.3) is 0 Å². The summed E-state index contributed by atoms with van der Waals surface area (Å²) in [7, 11) is -0.906. The third-order valence-corrected chi connectivity index (χ3v) is 6.26. The van der Waals surface area contributed by atoms with E-state index in [2.05, 4.69) is 0 Å². The van der Waals surface area contributed by atoms with Gasteiger partial charge < -0.3 is 9.47 Å². The van der Waals surface area contributed by atoms with E-state index in [0.29, 0.717) is 22.7 Å². The molecule has 0 heterocycles. The number of anilines is 1. The van der Waals surface area contributed by atoms with Crippen LogP contribution in [0.5, 0.6) is 11.5 Å². The monoisotopic (exact) mass is 415 g/mol. The fourth-order valence-corrected chi connectivity index (χ4v) is 4.28. The third kappa shape index (κ3) is 4.68. The van der Waals surface area contributed by atoms with Crippen LogP contribution >= 0.6 is 0 Å². The number of rotatable bonds is 7. The van der Waals surface area contributed by atoms with Crippen molar-refractivity contribution in [3.05, 3.63) is 83.7 Å². The fraction of sp³-hybridized carbons (Fsp3) is 0.182. The van der Waals surface area contributed by atoms with Gasteiger partial charge in [0.2, 0.25) is 0 Å². The lowest BCUT2D eigenvalue weighted by Crippen LogP contribution is -2.30. The smallest absolute Gasteiger partial charge is 0.264 e. The van der Waals surface area contributed by atoms with Crippen molar-refractivity contribution < 1.29 is 22.3 Å². The standard InChI is InChI=1S/C22H22FNO4S/c1-16-4-10-22(11-5-16)29(25,26)24(15-17-6-8-18(23)9-7-17)19-12-20(27-2)14-21(13-19)28-3/h4-14H,15H2,1-3H3. The minimum atomic E-state index is -3.90. The van der Waals surface area contributed by atoms with E-state index in [0.717, 1.165) is 5.56 Å². The highest BCUT2D eigenvalue weighted by atomic mass is 32.2. The Bertz CT molecular complexity index is 1060. The van der Waals surface area contributed by atoms with E-state index in [1.54, 1.807) is 54.6 Å². The largest absolute Gasteiger partial charge is 0.497 e. The fourth-order valence-electron chi connectivity index (χ4n) is 2.84. The lowest BCUT2D eigenvalue weighted by atomic mass is 10.2. The first kappa shape index (κ1) is 20.7. The Balaban J connectivity index is 2.13. The molecular formula is C22H22FNO4S. The van der Waals surface area contributed by atoms with Gasteiger partial charge in [-0.3, -0.25) is 4.31 Å². The number of benzene rings is 3. The molecule has 0 aliphatic carbocycles. The summed E-state index contributed by atoms with van der Waals surface area (Å²) in [6.45, 7) is 1.91. The highest BCUT2D eigenvalue weighted by Crippen LogP contribution is 2.33. The van der Waals surface area contributed by atoms with Crippen LogP contribution in [0.1, 0.15) is 11.1 Å². The summed E-state index contributed by atoms with van der Waals surface area (Å²) >= 11 is 0. The Morgan fingerprint density at radius 1 is 0.862 bits per heavy atom. The van der Waals surface area contributed by atoms with Crippen molar-refractivity contribution in [3.63, 3.8) is 0 Å². The summed E-state index contributed by atoms with van der Waals surface area (Å²) in [6.07, 6.45) is 0. The van der Waals surface area contributed by atoms with Crippen molar-refractivity contribution in [2.45, 2.75) is 18.4 Å². The van der Waals surface area contributed by atoms with Gasteiger partial charge in [-0.1, -0.05) is 29.8 Å². The summed E-state index contributed by atoms with van der Waals surface area (Å²) < 4.78 is 52.1. The molecule has 0 fully saturated rings. The van der Waals surface area contributed by atoms with Crippen LogP contribution in [0.2, 0.25) is 0 Å². The van der Waals surface area contributed by atoms with E-state index in [9.17, 15) is 12.8 Å². The first-order chi connectivity index (χ1) is 13.8. The van der Waals surface area contributed by atoms with E-state index in [1.807, 2.05) is 6.92 Å². The van der Waals surface area contributed by atoms with Crippen molar-refractivity contribution in [1.29, 1.82) is 0 Å². The maximum atomic E-state index is 13.5. The van der Waals surface area contributed by atoms with Gasteiger partial charge in [-0.05, 0) is 36.8 Å². The summed E-state index contributed by atoms with van der Waals surface area (Å²) in [6, 6.07) is 17.3. The quantitative estimate of drug-likeness (QED) is 0.568. The Kier molecular flexibility index (Phi) is 6.08. The van der Waals surface area contributed by atoms with E-state index in [-0.39, 0.29) is 17.3 Å². The van der Waals surface area contributed by atoms with E-state index in [1.165, 1.54) is 30.7 Å². The molecule has 0 spiro atoms. The van der Waals surface area contributed by atoms with E-state index < -0.39 is 10.0 Å². The van der Waals surface area contributed by atoms with Crippen LogP contribution in [0.15, 0.2) is 71.6 Å². The lowest BCUT2D eigenvalue weighted by Gasteiger charge is -2.25. The lowest BCUT2D eigenvalue weighted by molar-refractivity contribution is 0.394. The zero-order chi connectivity index (χ0) is 21.0. The Hall–Kier alpha value is -3.06. The Morgan fingerprint density at radius 3 is 1.93 bits per heavy atom. The summed E-state index contributed by atoms with van der Waals surface area (Å²) in [4.78, 5) is 0.159. The molecule has 0 saturated heterocycles. The number of methoxy groups -OCH3 is 2. The van der Waals surface area contributed by atoms with Gasteiger partial charge in [0.25, 0.3) is 10.0 Å². The number of ether oxygens (including phenoxy) is 2. The van der Waals surface area contributed by atoms with Gasteiger partial charge in [0.05, 0.1) is 31.3 Å². The topological polar surface area (TPSA) is 55.8 Å². The van der Waals surface area contributed by atoms with Gasteiger partial charge >= 0.3 is 0 Å². The normalized spacial score (nSPS) is 11.2. The van der Waals surface area contributed by atoms with Crippen molar-refractivity contribution in [3.8, 4) is 11.5 Å². The SMILES string of the molecule is COc1cc(OC)cc(N(Cc2ccc(F)cc2)S(=O)(=O)c2ccc(C)cc2)c1. The van der Waals surface area contributed by atoms with Crippen LogP contribution in [0.4, 0.5) is 10.1 Å². The average Bonchev–Trinajstić information content (AvgIpc) is 2.73. The van der Waals surface area contributed by atoms with Gasteiger partial charge in [0.1, 0.15) is 17.3 Å². The van der Waals surface area contributed by atoms with Crippen molar-refractivity contribution in [2.75, 3.05) is 18.5 Å². The second-order valence-electron chi connectivity index (χ2n) is 6.52. The van der Waals surface area contributed by atoms with Crippen molar-refractivity contribution >= 4 is 15.7 Å². The zero-order valence-electron chi connectivity index (χ0n) is 16.4. The number of sulfonamides is 1. The Labute approximate surface area is 170 Å². The molecule has 0 aromatic heterocycles. The molecule has 29 heavy (non-hydrogen) atoms. The molecule has 0 unspecified atom stereocenters. The predicted molar refractivity (Wildman–Crippen MR) is 110 cm³/mol. The number of hydrogen-bond acceptors (Lipinski definition) is 4. The van der Waals surface area contributed by atoms with Gasteiger partial charge in [-0.25, -0.2) is 12.8 Å². The average molecular weight is 415 g/mol. The molecule has 0 saturated carbocycles. The minimum Gasteiger partial charge on any atom is -0.497 e. The van der Waals surface area contributed by atoms with Gasteiger partial charge in [0, 0.05) is 18.2 Å². The number of halogens is 1. The van der Waals surface area contributed by atoms with E-state index >= 15 is 0 Å². The molecular weight excluding hydrogens is 393 g/mol. The predicted octanol–water partition coefficient (Wildman–Crippen LogP) is 4.55. The molecule has 0 aliphatic heterocycles. The van der Waals surface area contributed by atoms with Crippen molar-refractivity contribution in [2.24, 2.45) is 0 Å². The summed E-state index contributed by atoms with van der Waals surface area (Å²) in [5, 5.41) is 0. The summed E-state index contributed by atoms with van der Waals surface area (Å²) in [5.41, 5.74) is 1.98. The molecule has 3 aromatic rings. The second-order valence-corrected chi connectivity index (χ2v) is 8.38. The minimum absolute atomic E-state index is 0.0206. The molecule has 3 aromatic carbocycles. The maximum Gasteiger partial charge on any atom is 0.264 e. The highest BCUT2D eigenvalue weighted by molar-refractivity contribution is 7.92. The first-order valence-electron chi connectivity index (χ1n) is 8.90. The molecule has 3 rings (SSSR count). The molecule has 0 amide bonds. The number of aryl methyl sites for hydroxylation is 1. The van der Waals surface area contributed by atoms with Crippen LogP contribution < -0.4 is 13.8 Å². The number of hydrogen-bond donors (Lipinski definition) is 0. The highest BCUT2D eigenvalue weighted by Gasteiger charge is 2.26.